The van der Waals surface area contributed by atoms with Crippen molar-refractivity contribution in [2.75, 3.05) is 7.11 Å². The minimum Gasteiger partial charge on any atom is -0.508 e. The summed E-state index contributed by atoms with van der Waals surface area (Å²) in [6.07, 6.45) is -5.95. The molecule has 2 N–H and O–H groups in total. The minimum atomic E-state index is -4.61. The number of amides is 1. The van der Waals surface area contributed by atoms with E-state index in [-0.39, 0.29) is 5.56 Å². The number of hydrogen-bond acceptors (Lipinski definition) is 5. The van der Waals surface area contributed by atoms with Gasteiger partial charge in [0.2, 0.25) is 0 Å². The van der Waals surface area contributed by atoms with E-state index in [1.165, 1.54) is 0 Å². The van der Waals surface area contributed by atoms with Gasteiger partial charge in [0.05, 0.1) is 12.7 Å². The molecule has 1 aromatic carbocycles. The van der Waals surface area contributed by atoms with Crippen LogP contribution >= 0.6 is 0 Å². The summed E-state index contributed by atoms with van der Waals surface area (Å²) in [6, 6.07) is 0.976. The molecule has 25 heavy (non-hydrogen) atoms. The fourth-order valence-corrected chi connectivity index (χ4v) is 1.93. The number of alkyl halides is 3. The van der Waals surface area contributed by atoms with Crippen LogP contribution in [0.25, 0.3) is 0 Å². The smallest absolute Gasteiger partial charge is 0.416 e. The van der Waals surface area contributed by atoms with Crippen molar-refractivity contribution < 1.29 is 37.3 Å². The molecular weight excluding hydrogens is 343 g/mol. The Morgan fingerprint density at radius 3 is 2.32 bits per heavy atom. The predicted molar refractivity (Wildman–Crippen MR) is 82.0 cm³/mol. The number of hydrogen-bond donors (Lipinski definition) is 2. The first-order valence-corrected chi connectivity index (χ1v) is 7.30. The first-order chi connectivity index (χ1) is 11.3. The van der Waals surface area contributed by atoms with Gasteiger partial charge in [0.1, 0.15) is 17.4 Å². The van der Waals surface area contributed by atoms with E-state index in [0.717, 1.165) is 13.2 Å². The van der Waals surface area contributed by atoms with Crippen LogP contribution < -0.4 is 5.32 Å². The Morgan fingerprint density at radius 1 is 1.24 bits per heavy atom. The van der Waals surface area contributed by atoms with Gasteiger partial charge < -0.3 is 19.9 Å². The number of ether oxygens (including phenoxy) is 2. The Morgan fingerprint density at radius 2 is 1.84 bits per heavy atom. The van der Waals surface area contributed by atoms with Crippen molar-refractivity contribution in [3.8, 4) is 5.75 Å². The maximum atomic E-state index is 12.8. The SMILES string of the molecule is COC(=O)[C@H](Cc1cc(C(F)(F)F)ccc1O)NC(=O)OC(C)(C)C. The Hall–Kier alpha value is -2.45. The summed E-state index contributed by atoms with van der Waals surface area (Å²) in [5.74, 6) is -1.32. The zero-order chi connectivity index (χ0) is 19.4. The zero-order valence-electron chi connectivity index (χ0n) is 14.2. The molecule has 0 aromatic heterocycles. The molecule has 0 saturated heterocycles. The van der Waals surface area contributed by atoms with Gasteiger partial charge in [0.25, 0.3) is 0 Å². The average molecular weight is 363 g/mol. The third-order valence-corrected chi connectivity index (χ3v) is 3.01. The van der Waals surface area contributed by atoms with E-state index in [4.69, 9.17) is 4.74 Å². The molecule has 0 radical (unpaired) electrons. The number of phenols is 1. The lowest BCUT2D eigenvalue weighted by Crippen LogP contribution is -2.45. The van der Waals surface area contributed by atoms with Gasteiger partial charge in [0.15, 0.2) is 0 Å². The van der Waals surface area contributed by atoms with Gasteiger partial charge in [0, 0.05) is 6.42 Å². The van der Waals surface area contributed by atoms with Crippen LogP contribution in [-0.2, 0) is 26.9 Å². The van der Waals surface area contributed by atoms with Gasteiger partial charge >= 0.3 is 18.2 Å². The van der Waals surface area contributed by atoms with Crippen LogP contribution in [-0.4, -0.2) is 35.9 Å². The van der Waals surface area contributed by atoms with Gasteiger partial charge in [-0.2, -0.15) is 13.2 Å². The number of nitrogens with one attached hydrogen (secondary N) is 1. The molecule has 0 unspecified atom stereocenters. The maximum absolute atomic E-state index is 12.8. The van der Waals surface area contributed by atoms with Crippen molar-refractivity contribution >= 4 is 12.1 Å². The van der Waals surface area contributed by atoms with Crippen LogP contribution in [0.3, 0.4) is 0 Å². The Labute approximate surface area is 142 Å². The highest BCUT2D eigenvalue weighted by molar-refractivity contribution is 5.81. The summed E-state index contributed by atoms with van der Waals surface area (Å²) in [7, 11) is 1.07. The van der Waals surface area contributed by atoms with Crippen molar-refractivity contribution in [2.24, 2.45) is 0 Å². The lowest BCUT2D eigenvalue weighted by atomic mass is 10.0. The van der Waals surface area contributed by atoms with E-state index in [2.05, 4.69) is 10.1 Å². The van der Waals surface area contributed by atoms with Crippen molar-refractivity contribution in [2.45, 2.75) is 45.0 Å². The van der Waals surface area contributed by atoms with Gasteiger partial charge in [-0.1, -0.05) is 0 Å². The molecule has 0 saturated carbocycles. The number of methoxy groups -OCH3 is 1. The number of rotatable bonds is 4. The molecule has 0 aliphatic rings. The van der Waals surface area contributed by atoms with E-state index in [1.54, 1.807) is 20.8 Å². The van der Waals surface area contributed by atoms with Crippen molar-refractivity contribution in [1.82, 2.24) is 5.32 Å². The minimum absolute atomic E-state index is 0.165. The standard InChI is InChI=1S/C16H20F3NO5/c1-15(2,3)25-14(23)20-11(13(22)24-4)8-9-7-10(16(17,18)19)5-6-12(9)21/h5-7,11,21H,8H2,1-4H3,(H,20,23)/t11-/m0/s1. The Balaban J connectivity index is 3.03. The van der Waals surface area contributed by atoms with Crippen molar-refractivity contribution in [1.29, 1.82) is 0 Å². The molecule has 0 aliphatic heterocycles. The molecule has 1 atom stereocenters. The van der Waals surface area contributed by atoms with Crippen LogP contribution in [0.2, 0.25) is 0 Å². The topological polar surface area (TPSA) is 84.9 Å². The third-order valence-electron chi connectivity index (χ3n) is 3.01. The summed E-state index contributed by atoms with van der Waals surface area (Å²) in [6.45, 7) is 4.83. The summed E-state index contributed by atoms with van der Waals surface area (Å²) in [4.78, 5) is 23.6. The lowest BCUT2D eigenvalue weighted by Gasteiger charge is -2.23. The van der Waals surface area contributed by atoms with Crippen LogP contribution in [0.1, 0.15) is 31.9 Å². The second-order valence-electron chi connectivity index (χ2n) is 6.27. The molecular formula is C16H20F3NO5. The summed E-state index contributed by atoms with van der Waals surface area (Å²) in [5.41, 5.74) is -1.98. The Bertz CT molecular complexity index is 638. The highest BCUT2D eigenvalue weighted by atomic mass is 19.4. The number of esters is 1. The number of benzene rings is 1. The molecule has 0 aliphatic carbocycles. The number of halogens is 3. The second kappa shape index (κ2) is 7.62. The molecule has 0 bridgehead atoms. The number of carbonyl (C=O) groups excluding carboxylic acids is 2. The summed E-state index contributed by atoms with van der Waals surface area (Å²) in [5, 5.41) is 12.0. The molecule has 0 heterocycles. The molecule has 1 rings (SSSR count). The van der Waals surface area contributed by atoms with E-state index < -0.39 is 47.6 Å². The van der Waals surface area contributed by atoms with Crippen LogP contribution in [0.4, 0.5) is 18.0 Å². The summed E-state index contributed by atoms with van der Waals surface area (Å²) >= 11 is 0. The quantitative estimate of drug-likeness (QED) is 0.804. The predicted octanol–water partition coefficient (Wildman–Crippen LogP) is 3.02. The molecule has 6 nitrogen and oxygen atoms in total. The molecule has 140 valence electrons. The molecule has 0 spiro atoms. The summed E-state index contributed by atoms with van der Waals surface area (Å²) < 4.78 is 47.9. The first-order valence-electron chi connectivity index (χ1n) is 7.30. The fraction of sp³-hybridized carbons (Fsp3) is 0.500. The molecule has 0 fully saturated rings. The second-order valence-corrected chi connectivity index (χ2v) is 6.27. The first kappa shape index (κ1) is 20.6. The van der Waals surface area contributed by atoms with Crippen LogP contribution in [0, 0.1) is 0 Å². The number of aromatic hydroxyl groups is 1. The molecule has 9 heteroatoms. The van der Waals surface area contributed by atoms with E-state index in [0.29, 0.717) is 12.1 Å². The molecule has 1 aromatic rings. The van der Waals surface area contributed by atoms with Gasteiger partial charge in [-0.05, 0) is 44.5 Å². The van der Waals surface area contributed by atoms with Crippen molar-refractivity contribution in [3.63, 3.8) is 0 Å². The maximum Gasteiger partial charge on any atom is 0.416 e. The van der Waals surface area contributed by atoms with Crippen LogP contribution in [0.15, 0.2) is 18.2 Å². The fourth-order valence-electron chi connectivity index (χ4n) is 1.93. The highest BCUT2D eigenvalue weighted by Gasteiger charge is 2.32. The van der Waals surface area contributed by atoms with Gasteiger partial charge in [-0.25, -0.2) is 9.59 Å². The zero-order valence-corrected chi connectivity index (χ0v) is 14.2. The number of phenolic OH excluding ortho intramolecular Hbond substituents is 1. The number of carbonyl (C=O) groups is 2. The van der Waals surface area contributed by atoms with Crippen molar-refractivity contribution in [3.05, 3.63) is 29.3 Å². The van der Waals surface area contributed by atoms with Crippen LogP contribution in [0.5, 0.6) is 5.75 Å². The van der Waals surface area contributed by atoms with E-state index in [9.17, 15) is 27.9 Å². The largest absolute Gasteiger partial charge is 0.508 e. The van der Waals surface area contributed by atoms with Gasteiger partial charge in [-0.3, -0.25) is 0 Å². The van der Waals surface area contributed by atoms with E-state index >= 15 is 0 Å². The Kier molecular flexibility index (Phi) is 6.28. The van der Waals surface area contributed by atoms with E-state index in [1.807, 2.05) is 0 Å². The monoisotopic (exact) mass is 363 g/mol. The molecule has 1 amide bonds. The highest BCUT2D eigenvalue weighted by Crippen LogP contribution is 2.32. The normalized spacial score (nSPS) is 13.1. The average Bonchev–Trinajstić information content (AvgIpc) is 2.44. The van der Waals surface area contributed by atoms with Gasteiger partial charge in [-0.15, -0.1) is 0 Å². The lowest BCUT2D eigenvalue weighted by molar-refractivity contribution is -0.143. The number of alkyl carbamates (subject to hydrolysis) is 1. The third kappa shape index (κ3) is 6.52.